The third-order valence-corrected chi connectivity index (χ3v) is 6.12. The van der Waals surface area contributed by atoms with E-state index in [9.17, 15) is 13.2 Å². The number of benzene rings is 1. The van der Waals surface area contributed by atoms with Gasteiger partial charge in [-0.3, -0.25) is 9.10 Å². The molecular weight excluding hydrogens is 358 g/mol. The molecule has 2 heterocycles. The highest BCUT2D eigenvalue weighted by Crippen LogP contribution is 2.37. The predicted molar refractivity (Wildman–Crippen MR) is 94.7 cm³/mol. The number of hydrogen-bond acceptors (Lipinski definition) is 6. The molecule has 0 spiro atoms. The summed E-state index contributed by atoms with van der Waals surface area (Å²) in [5.41, 5.74) is 0.658. The minimum Gasteiger partial charge on any atom is -0.476 e. The maximum atomic E-state index is 13.3. The maximum absolute atomic E-state index is 13.3. The van der Waals surface area contributed by atoms with Gasteiger partial charge in [-0.1, -0.05) is 24.2 Å². The first-order valence-corrected chi connectivity index (χ1v) is 9.79. The molecule has 0 aliphatic carbocycles. The second-order valence-electron chi connectivity index (χ2n) is 6.05. The lowest BCUT2D eigenvalue weighted by atomic mass is 10.2. The van der Waals surface area contributed by atoms with Crippen LogP contribution >= 0.6 is 0 Å². The first-order valence-electron chi connectivity index (χ1n) is 8.35. The molecule has 0 bridgehead atoms. The monoisotopic (exact) mass is 379 g/mol. The molecule has 8 nitrogen and oxygen atoms in total. The molecule has 1 atom stereocenters. The molecule has 9 heteroatoms. The van der Waals surface area contributed by atoms with E-state index in [4.69, 9.17) is 9.26 Å². The van der Waals surface area contributed by atoms with Gasteiger partial charge in [0.1, 0.15) is 11.4 Å². The molecule has 0 saturated carbocycles. The quantitative estimate of drug-likeness (QED) is 0.850. The van der Waals surface area contributed by atoms with Crippen molar-refractivity contribution in [3.63, 3.8) is 0 Å². The summed E-state index contributed by atoms with van der Waals surface area (Å²) < 4.78 is 38.5. The van der Waals surface area contributed by atoms with Crippen LogP contribution in [0.15, 0.2) is 33.7 Å². The fourth-order valence-corrected chi connectivity index (χ4v) is 4.65. The zero-order valence-electron chi connectivity index (χ0n) is 14.9. The first kappa shape index (κ1) is 18.2. The molecule has 26 heavy (non-hydrogen) atoms. The van der Waals surface area contributed by atoms with E-state index in [1.807, 2.05) is 6.92 Å². The molecule has 0 unspecified atom stereocenters. The van der Waals surface area contributed by atoms with Crippen molar-refractivity contribution in [1.29, 1.82) is 0 Å². The van der Waals surface area contributed by atoms with Gasteiger partial charge in [0.05, 0.1) is 12.2 Å². The van der Waals surface area contributed by atoms with Crippen molar-refractivity contribution in [2.45, 2.75) is 38.2 Å². The number of ether oxygens (including phenoxy) is 1. The van der Waals surface area contributed by atoms with E-state index in [1.54, 1.807) is 38.1 Å². The Labute approximate surface area is 152 Å². The second-order valence-corrected chi connectivity index (χ2v) is 7.85. The van der Waals surface area contributed by atoms with Crippen molar-refractivity contribution in [1.82, 2.24) is 10.5 Å². The van der Waals surface area contributed by atoms with Crippen molar-refractivity contribution in [2.75, 3.05) is 17.4 Å². The number of hydrogen-bond donors (Lipinski definition) is 1. The minimum atomic E-state index is -3.96. The van der Waals surface area contributed by atoms with Crippen LogP contribution in [0.3, 0.4) is 0 Å². The maximum Gasteiger partial charge on any atom is 0.270 e. The highest BCUT2D eigenvalue weighted by atomic mass is 32.2. The van der Waals surface area contributed by atoms with E-state index in [0.29, 0.717) is 18.0 Å². The molecule has 140 valence electrons. The van der Waals surface area contributed by atoms with Gasteiger partial charge in [0, 0.05) is 6.54 Å². The van der Waals surface area contributed by atoms with Gasteiger partial charge in [0.2, 0.25) is 0 Å². The summed E-state index contributed by atoms with van der Waals surface area (Å²) in [6.45, 7) is 5.42. The van der Waals surface area contributed by atoms with Gasteiger partial charge in [-0.25, -0.2) is 8.42 Å². The lowest BCUT2D eigenvalue weighted by molar-refractivity contribution is -0.127. The average molecular weight is 379 g/mol. The summed E-state index contributed by atoms with van der Waals surface area (Å²) in [6, 6.07) is 6.73. The van der Waals surface area contributed by atoms with Crippen LogP contribution in [-0.2, 0) is 14.8 Å². The van der Waals surface area contributed by atoms with Crippen LogP contribution in [0.2, 0.25) is 0 Å². The number of fused-ring (bicyclic) bond motifs is 1. The Morgan fingerprint density at radius 2 is 2.08 bits per heavy atom. The third kappa shape index (κ3) is 3.14. The van der Waals surface area contributed by atoms with Gasteiger partial charge in [-0.05, 0) is 32.4 Å². The van der Waals surface area contributed by atoms with Crippen molar-refractivity contribution in [2.24, 2.45) is 0 Å². The molecule has 1 aliphatic rings. The zero-order chi connectivity index (χ0) is 18.9. The molecule has 1 aromatic carbocycles. The zero-order valence-corrected chi connectivity index (χ0v) is 15.7. The van der Waals surface area contributed by atoms with Crippen LogP contribution in [0.4, 0.5) is 5.69 Å². The number of rotatable bonds is 5. The number of sulfonamides is 1. The number of nitrogens with zero attached hydrogens (tertiary/aromatic N) is 2. The molecule has 1 aromatic heterocycles. The topological polar surface area (TPSA) is 102 Å². The van der Waals surface area contributed by atoms with Crippen molar-refractivity contribution < 1.29 is 22.5 Å². The molecule has 1 amide bonds. The van der Waals surface area contributed by atoms with Crippen LogP contribution < -0.4 is 14.4 Å². The molecule has 0 fully saturated rings. The van der Waals surface area contributed by atoms with Crippen molar-refractivity contribution >= 4 is 21.6 Å². The summed E-state index contributed by atoms with van der Waals surface area (Å²) in [7, 11) is -3.96. The van der Waals surface area contributed by atoms with Gasteiger partial charge < -0.3 is 14.6 Å². The predicted octanol–water partition coefficient (Wildman–Crippen LogP) is 1.77. The summed E-state index contributed by atoms with van der Waals surface area (Å²) in [4.78, 5) is 12.4. The SMILES string of the molecule is CCCNC(=O)[C@@H]1CN(S(=O)(=O)c2c(C)noc2C)c2ccccc2O1. The van der Waals surface area contributed by atoms with E-state index >= 15 is 0 Å². The summed E-state index contributed by atoms with van der Waals surface area (Å²) in [5.74, 6) is 0.199. The van der Waals surface area contributed by atoms with E-state index in [1.165, 1.54) is 4.31 Å². The molecule has 3 rings (SSSR count). The normalized spacial score (nSPS) is 16.7. The number of aryl methyl sites for hydroxylation is 2. The van der Waals surface area contributed by atoms with Gasteiger partial charge in [-0.15, -0.1) is 0 Å². The Balaban J connectivity index is 2.03. The Bertz CT molecular complexity index is 903. The van der Waals surface area contributed by atoms with E-state index in [-0.39, 0.29) is 28.8 Å². The standard InChI is InChI=1S/C17H21N3O5S/c1-4-9-18-17(21)15-10-20(13-7-5-6-8-14(13)24-15)26(22,23)16-11(2)19-25-12(16)3/h5-8,15H,4,9-10H2,1-3H3,(H,18,21)/t15-/m0/s1. The van der Waals surface area contributed by atoms with Crippen molar-refractivity contribution in [3.05, 3.63) is 35.7 Å². The number of carbonyl (C=O) groups excluding carboxylic acids is 1. The molecule has 0 radical (unpaired) electrons. The largest absolute Gasteiger partial charge is 0.476 e. The Hall–Kier alpha value is -2.55. The average Bonchev–Trinajstić information content (AvgIpc) is 2.97. The van der Waals surface area contributed by atoms with Crippen LogP contribution in [0.25, 0.3) is 0 Å². The number of carbonyl (C=O) groups is 1. The van der Waals surface area contributed by atoms with Gasteiger partial charge >= 0.3 is 0 Å². The summed E-state index contributed by atoms with van der Waals surface area (Å²) >= 11 is 0. The van der Waals surface area contributed by atoms with Crippen LogP contribution in [0.5, 0.6) is 5.75 Å². The Kier molecular flexibility index (Phi) is 4.90. The fourth-order valence-electron chi connectivity index (χ4n) is 2.88. The summed E-state index contributed by atoms with van der Waals surface area (Å²) in [6.07, 6.45) is -0.164. The number of aromatic nitrogens is 1. The smallest absolute Gasteiger partial charge is 0.270 e. The molecule has 1 aliphatic heterocycles. The first-order chi connectivity index (χ1) is 12.4. The van der Waals surface area contributed by atoms with E-state index < -0.39 is 16.1 Å². The van der Waals surface area contributed by atoms with Gasteiger partial charge in [0.25, 0.3) is 15.9 Å². The van der Waals surface area contributed by atoms with Gasteiger partial charge in [0.15, 0.2) is 16.8 Å². The fraction of sp³-hybridized carbons (Fsp3) is 0.412. The number of amides is 1. The molecule has 0 saturated heterocycles. The van der Waals surface area contributed by atoms with E-state index in [2.05, 4.69) is 10.5 Å². The second kappa shape index (κ2) is 6.99. The van der Waals surface area contributed by atoms with Crippen LogP contribution in [0, 0.1) is 13.8 Å². The number of nitrogens with one attached hydrogen (secondary N) is 1. The highest BCUT2D eigenvalue weighted by Gasteiger charge is 2.39. The molecular formula is C17H21N3O5S. The number of anilines is 1. The van der Waals surface area contributed by atoms with Crippen LogP contribution in [-0.4, -0.2) is 38.7 Å². The highest BCUT2D eigenvalue weighted by molar-refractivity contribution is 7.93. The lowest BCUT2D eigenvalue weighted by Crippen LogP contribution is -2.50. The van der Waals surface area contributed by atoms with Crippen molar-refractivity contribution in [3.8, 4) is 5.75 Å². The Morgan fingerprint density at radius 1 is 1.35 bits per heavy atom. The third-order valence-electron chi connectivity index (χ3n) is 4.09. The number of para-hydroxylation sites is 2. The molecule has 1 N–H and O–H groups in total. The van der Waals surface area contributed by atoms with Gasteiger partial charge in [-0.2, -0.15) is 0 Å². The summed E-state index contributed by atoms with van der Waals surface area (Å²) in [5, 5.41) is 6.48. The Morgan fingerprint density at radius 3 is 2.73 bits per heavy atom. The minimum absolute atomic E-state index is 0.0157. The molecule has 2 aromatic rings. The van der Waals surface area contributed by atoms with E-state index in [0.717, 1.165) is 6.42 Å². The lowest BCUT2D eigenvalue weighted by Gasteiger charge is -2.34. The van der Waals surface area contributed by atoms with Crippen LogP contribution in [0.1, 0.15) is 24.8 Å².